The van der Waals surface area contributed by atoms with Crippen LogP contribution < -0.4 is 16.0 Å². The largest absolute Gasteiger partial charge is 0.494 e. The SMILES string of the molecule is COc1cccc(-c2c(C)c(Cc3c(F)cccc3F)c3n(c2=O)[C@@H](C(N)c2ccc(F)cc2)CS3)c1F. The quantitative estimate of drug-likeness (QED) is 0.291. The van der Waals surface area contributed by atoms with Crippen molar-refractivity contribution >= 4 is 11.8 Å². The van der Waals surface area contributed by atoms with Crippen molar-refractivity contribution in [1.82, 2.24) is 4.57 Å². The highest BCUT2D eigenvalue weighted by Gasteiger charge is 2.35. The summed E-state index contributed by atoms with van der Waals surface area (Å²) in [6.45, 7) is 1.65. The fraction of sp³-hybridized carbons (Fsp3) is 0.207. The fourth-order valence-electron chi connectivity index (χ4n) is 4.96. The van der Waals surface area contributed by atoms with Crippen molar-refractivity contribution < 1.29 is 22.3 Å². The Balaban J connectivity index is 1.76. The van der Waals surface area contributed by atoms with Crippen LogP contribution in [0.25, 0.3) is 11.1 Å². The van der Waals surface area contributed by atoms with Gasteiger partial charge in [-0.1, -0.05) is 30.3 Å². The topological polar surface area (TPSA) is 57.2 Å². The molecule has 1 unspecified atom stereocenters. The normalized spacial score (nSPS) is 15.4. The first-order chi connectivity index (χ1) is 18.2. The van der Waals surface area contributed by atoms with E-state index in [9.17, 15) is 18.0 Å². The van der Waals surface area contributed by atoms with Crippen LogP contribution >= 0.6 is 11.8 Å². The smallest absolute Gasteiger partial charge is 0.260 e. The number of rotatable bonds is 6. The number of aromatic nitrogens is 1. The van der Waals surface area contributed by atoms with E-state index >= 15 is 4.39 Å². The van der Waals surface area contributed by atoms with Gasteiger partial charge in [0.05, 0.1) is 29.8 Å². The number of nitrogens with two attached hydrogens (primary N) is 1. The second-order valence-electron chi connectivity index (χ2n) is 9.11. The van der Waals surface area contributed by atoms with Gasteiger partial charge in [-0.15, -0.1) is 11.8 Å². The molecule has 5 rings (SSSR count). The molecular weight excluding hydrogens is 516 g/mol. The maximum absolute atomic E-state index is 15.5. The lowest BCUT2D eigenvalue weighted by atomic mass is 9.93. The van der Waals surface area contributed by atoms with Gasteiger partial charge >= 0.3 is 0 Å². The zero-order valence-corrected chi connectivity index (χ0v) is 21.4. The molecule has 0 bridgehead atoms. The number of nitrogens with zero attached hydrogens (tertiary/aromatic N) is 1. The molecule has 1 aromatic heterocycles. The minimum atomic E-state index is -0.719. The molecule has 38 heavy (non-hydrogen) atoms. The van der Waals surface area contributed by atoms with Gasteiger partial charge in [0, 0.05) is 23.3 Å². The van der Waals surface area contributed by atoms with Gasteiger partial charge < -0.3 is 10.5 Å². The van der Waals surface area contributed by atoms with Gasteiger partial charge in [0.25, 0.3) is 5.56 Å². The summed E-state index contributed by atoms with van der Waals surface area (Å²) in [6.07, 6.45) is -0.149. The summed E-state index contributed by atoms with van der Waals surface area (Å²) in [4.78, 5) is 14.1. The molecule has 2 heterocycles. The van der Waals surface area contributed by atoms with Crippen LogP contribution in [0.1, 0.15) is 34.3 Å². The zero-order valence-electron chi connectivity index (χ0n) is 20.6. The Hall–Kier alpha value is -3.56. The summed E-state index contributed by atoms with van der Waals surface area (Å²) in [5.41, 5.74) is 7.57. The lowest BCUT2D eigenvalue weighted by Crippen LogP contribution is -2.33. The third kappa shape index (κ3) is 4.39. The van der Waals surface area contributed by atoms with Crippen LogP contribution in [0, 0.1) is 30.2 Å². The average molecular weight is 541 g/mol. The van der Waals surface area contributed by atoms with Gasteiger partial charge in [0.1, 0.15) is 17.5 Å². The number of benzene rings is 3. The second kappa shape index (κ2) is 10.3. The van der Waals surface area contributed by atoms with Crippen molar-refractivity contribution in [3.63, 3.8) is 0 Å². The molecule has 4 aromatic rings. The number of thioether (sulfide) groups is 1. The maximum Gasteiger partial charge on any atom is 0.260 e. The summed E-state index contributed by atoms with van der Waals surface area (Å²) in [6, 6.07) is 12.6. The number of pyridine rings is 1. The Bertz CT molecular complexity index is 1570. The van der Waals surface area contributed by atoms with E-state index in [2.05, 4.69) is 0 Å². The van der Waals surface area contributed by atoms with Crippen molar-refractivity contribution in [3.05, 3.63) is 117 Å². The van der Waals surface area contributed by atoms with Crippen molar-refractivity contribution in [3.8, 4) is 16.9 Å². The molecule has 0 saturated carbocycles. The first-order valence-electron chi connectivity index (χ1n) is 11.9. The number of methoxy groups -OCH3 is 1. The fourth-order valence-corrected chi connectivity index (χ4v) is 6.40. The Kier molecular flexibility index (Phi) is 7.07. The van der Waals surface area contributed by atoms with Crippen LogP contribution in [0.2, 0.25) is 0 Å². The highest BCUT2D eigenvalue weighted by Crippen LogP contribution is 2.43. The standard InChI is InChI=1S/C29H24F4N2O2S/c1-15-19(13-20-21(31)6-4-7-22(20)32)29-35(23(14-38-29)27(34)16-9-11-17(30)12-10-16)28(36)25(15)18-5-3-8-24(37-2)26(18)33/h3-12,23,27H,13-14,34H2,1-2H3/t23-,27?/m1/s1. The molecule has 0 radical (unpaired) electrons. The third-order valence-electron chi connectivity index (χ3n) is 7.00. The van der Waals surface area contributed by atoms with Crippen LogP contribution in [0.5, 0.6) is 5.75 Å². The summed E-state index contributed by atoms with van der Waals surface area (Å²) in [7, 11) is 1.32. The van der Waals surface area contributed by atoms with Gasteiger partial charge in [-0.2, -0.15) is 0 Å². The molecule has 9 heteroatoms. The Morgan fingerprint density at radius 2 is 1.66 bits per heavy atom. The number of fused-ring (bicyclic) bond motifs is 1. The molecule has 0 spiro atoms. The predicted molar refractivity (Wildman–Crippen MR) is 140 cm³/mol. The van der Waals surface area contributed by atoms with Crippen LogP contribution in [-0.4, -0.2) is 17.4 Å². The molecule has 1 aliphatic heterocycles. The van der Waals surface area contributed by atoms with E-state index in [4.69, 9.17) is 10.5 Å². The first kappa shape index (κ1) is 26.1. The van der Waals surface area contributed by atoms with Crippen molar-refractivity contribution in [1.29, 1.82) is 0 Å². The number of hydrogen-bond acceptors (Lipinski definition) is 4. The lowest BCUT2D eigenvalue weighted by molar-refractivity contribution is 0.387. The molecule has 0 aliphatic carbocycles. The number of halogens is 4. The van der Waals surface area contributed by atoms with E-state index in [1.165, 1.54) is 65.9 Å². The summed E-state index contributed by atoms with van der Waals surface area (Å²) in [5.74, 6) is -2.22. The summed E-state index contributed by atoms with van der Waals surface area (Å²) in [5, 5.41) is 0.518. The molecule has 0 fully saturated rings. The van der Waals surface area contributed by atoms with Crippen molar-refractivity contribution in [2.24, 2.45) is 5.73 Å². The predicted octanol–water partition coefficient (Wildman–Crippen LogP) is 6.33. The minimum absolute atomic E-state index is 0.0170. The molecule has 0 amide bonds. The molecule has 196 valence electrons. The van der Waals surface area contributed by atoms with Gasteiger partial charge in [-0.25, -0.2) is 17.6 Å². The van der Waals surface area contributed by atoms with Crippen LogP contribution in [-0.2, 0) is 6.42 Å². The Labute approximate surface area is 221 Å². The minimum Gasteiger partial charge on any atom is -0.494 e. The molecule has 1 aliphatic rings. The van der Waals surface area contributed by atoms with E-state index < -0.39 is 40.9 Å². The monoisotopic (exact) mass is 540 g/mol. The molecule has 2 atom stereocenters. The highest BCUT2D eigenvalue weighted by atomic mass is 32.2. The Morgan fingerprint density at radius 3 is 2.32 bits per heavy atom. The van der Waals surface area contributed by atoms with Gasteiger partial charge in [-0.05, 0) is 53.9 Å². The van der Waals surface area contributed by atoms with E-state index in [1.54, 1.807) is 25.1 Å². The maximum atomic E-state index is 15.5. The molecule has 2 N–H and O–H groups in total. The zero-order chi connectivity index (χ0) is 27.1. The van der Waals surface area contributed by atoms with Crippen molar-refractivity contribution in [2.75, 3.05) is 12.9 Å². The second-order valence-corrected chi connectivity index (χ2v) is 10.1. The number of hydrogen-bond donors (Lipinski definition) is 1. The van der Waals surface area contributed by atoms with Crippen LogP contribution in [0.15, 0.2) is 70.5 Å². The van der Waals surface area contributed by atoms with E-state index in [-0.39, 0.29) is 28.9 Å². The summed E-state index contributed by atoms with van der Waals surface area (Å²) >= 11 is 1.35. The van der Waals surface area contributed by atoms with Crippen LogP contribution in [0.3, 0.4) is 0 Å². The van der Waals surface area contributed by atoms with Crippen molar-refractivity contribution in [2.45, 2.75) is 30.5 Å². The van der Waals surface area contributed by atoms with Gasteiger partial charge in [-0.3, -0.25) is 9.36 Å². The lowest BCUT2D eigenvalue weighted by Gasteiger charge is -2.25. The van der Waals surface area contributed by atoms with Gasteiger partial charge in [0.15, 0.2) is 11.6 Å². The molecule has 0 saturated heterocycles. The average Bonchev–Trinajstić information content (AvgIpc) is 3.34. The summed E-state index contributed by atoms with van der Waals surface area (Å²) < 4.78 is 65.0. The van der Waals surface area contributed by atoms with E-state index in [0.29, 0.717) is 27.5 Å². The highest BCUT2D eigenvalue weighted by molar-refractivity contribution is 7.99. The number of ether oxygens (including phenoxy) is 1. The molecular formula is C29H24F4N2O2S. The van der Waals surface area contributed by atoms with E-state index in [0.717, 1.165) is 0 Å². The molecule has 4 nitrogen and oxygen atoms in total. The Morgan fingerprint density at radius 1 is 1.00 bits per heavy atom. The van der Waals surface area contributed by atoms with E-state index in [1.807, 2.05) is 0 Å². The van der Waals surface area contributed by atoms with Crippen LogP contribution in [0.4, 0.5) is 17.6 Å². The first-order valence-corrected chi connectivity index (χ1v) is 12.9. The molecule has 3 aromatic carbocycles. The van der Waals surface area contributed by atoms with Gasteiger partial charge in [0.2, 0.25) is 0 Å². The third-order valence-corrected chi connectivity index (χ3v) is 8.22.